The van der Waals surface area contributed by atoms with Crippen LogP contribution in [0.25, 0.3) is 11.1 Å². The van der Waals surface area contributed by atoms with Crippen molar-refractivity contribution in [2.24, 2.45) is 5.73 Å². The zero-order chi connectivity index (χ0) is 19.8. The van der Waals surface area contributed by atoms with E-state index >= 15 is 0 Å². The molecular formula is C20H20N2O2S3. The zero-order valence-corrected chi connectivity index (χ0v) is 17.7. The largest absolute Gasteiger partial charge is 0.383 e. The summed E-state index contributed by atoms with van der Waals surface area (Å²) in [6.07, 6.45) is 1.82. The molecule has 0 amide bonds. The second-order valence-corrected chi connectivity index (χ2v) is 10.2. The van der Waals surface area contributed by atoms with Crippen LogP contribution in [0.5, 0.6) is 0 Å². The Bertz CT molecular complexity index is 1110. The lowest BCUT2D eigenvalue weighted by molar-refractivity contribution is 0.595. The SMILES string of the molecule is CSc1sc(C(=N)N)cc1S(=O)(=O)c1cccc(-c2c(C)cccc2C)c1. The monoisotopic (exact) mass is 416 g/mol. The molecule has 0 unspecified atom stereocenters. The summed E-state index contributed by atoms with van der Waals surface area (Å²) in [7, 11) is -3.71. The van der Waals surface area contributed by atoms with E-state index in [-0.39, 0.29) is 15.6 Å². The fourth-order valence-electron chi connectivity index (χ4n) is 3.04. The molecule has 0 radical (unpaired) electrons. The summed E-state index contributed by atoms with van der Waals surface area (Å²) in [6.45, 7) is 4.04. The third-order valence-corrected chi connectivity index (χ3v) is 8.66. The van der Waals surface area contributed by atoms with Gasteiger partial charge < -0.3 is 5.73 Å². The summed E-state index contributed by atoms with van der Waals surface area (Å²) in [5.74, 6) is -0.124. The van der Waals surface area contributed by atoms with Gasteiger partial charge in [0.05, 0.1) is 18.9 Å². The molecule has 3 N–H and O–H groups in total. The Balaban J connectivity index is 2.16. The van der Waals surface area contributed by atoms with Crippen LogP contribution in [-0.2, 0) is 9.84 Å². The van der Waals surface area contributed by atoms with Gasteiger partial charge in [-0.3, -0.25) is 5.41 Å². The number of thiophene rings is 1. The number of hydrogen-bond acceptors (Lipinski definition) is 5. The van der Waals surface area contributed by atoms with Gasteiger partial charge in [-0.15, -0.1) is 23.1 Å². The van der Waals surface area contributed by atoms with Gasteiger partial charge >= 0.3 is 0 Å². The topological polar surface area (TPSA) is 84.0 Å². The Morgan fingerprint density at radius 2 is 1.70 bits per heavy atom. The van der Waals surface area contributed by atoms with Crippen molar-refractivity contribution in [3.8, 4) is 11.1 Å². The summed E-state index contributed by atoms with van der Waals surface area (Å²) in [5, 5.41) is 7.61. The standard InChI is InChI=1S/C20H20N2O2S3/c1-12-6-4-7-13(2)18(12)14-8-5-9-15(10-14)27(23,24)17-11-16(19(21)22)26-20(17)25-3/h4-11H,1-3H3,(H3,21,22). The summed E-state index contributed by atoms with van der Waals surface area (Å²) < 4.78 is 27.2. The maximum atomic E-state index is 13.3. The molecular weight excluding hydrogens is 396 g/mol. The lowest BCUT2D eigenvalue weighted by Gasteiger charge is -2.12. The van der Waals surface area contributed by atoms with Crippen molar-refractivity contribution >= 4 is 38.8 Å². The maximum absolute atomic E-state index is 13.3. The van der Waals surface area contributed by atoms with Crippen LogP contribution < -0.4 is 5.73 Å². The minimum absolute atomic E-state index is 0.124. The van der Waals surface area contributed by atoms with E-state index in [2.05, 4.69) is 0 Å². The van der Waals surface area contributed by atoms with E-state index in [4.69, 9.17) is 11.1 Å². The highest BCUT2D eigenvalue weighted by Crippen LogP contribution is 2.38. The summed E-state index contributed by atoms with van der Waals surface area (Å²) in [6, 6.07) is 14.6. The summed E-state index contributed by atoms with van der Waals surface area (Å²) in [4.78, 5) is 0.915. The van der Waals surface area contributed by atoms with E-state index in [0.29, 0.717) is 9.09 Å². The Kier molecular flexibility index (Phi) is 5.46. The molecule has 7 heteroatoms. The van der Waals surface area contributed by atoms with Gasteiger partial charge in [0.1, 0.15) is 5.84 Å². The van der Waals surface area contributed by atoms with Crippen LogP contribution in [0.3, 0.4) is 0 Å². The fourth-order valence-corrected chi connectivity index (χ4v) is 6.94. The Morgan fingerprint density at radius 3 is 2.30 bits per heavy atom. The van der Waals surface area contributed by atoms with Crippen LogP contribution in [0.1, 0.15) is 16.0 Å². The Hall–Kier alpha value is -2.09. The zero-order valence-electron chi connectivity index (χ0n) is 15.2. The van der Waals surface area contributed by atoms with Crippen LogP contribution in [0, 0.1) is 19.3 Å². The molecule has 1 heterocycles. The minimum Gasteiger partial charge on any atom is -0.383 e. The van der Waals surface area contributed by atoms with Gasteiger partial charge in [0.2, 0.25) is 9.84 Å². The highest BCUT2D eigenvalue weighted by atomic mass is 32.2. The number of thioether (sulfide) groups is 1. The third kappa shape index (κ3) is 3.67. The predicted molar refractivity (Wildman–Crippen MR) is 114 cm³/mol. The number of nitrogens with two attached hydrogens (primary N) is 1. The van der Waals surface area contributed by atoms with Gasteiger partial charge in [-0.05, 0) is 60.6 Å². The molecule has 140 valence electrons. The molecule has 1 aromatic heterocycles. The molecule has 0 saturated carbocycles. The molecule has 3 rings (SSSR count). The smallest absolute Gasteiger partial charge is 0.208 e. The molecule has 0 aliphatic rings. The lowest BCUT2D eigenvalue weighted by Crippen LogP contribution is -2.08. The summed E-state index contributed by atoms with van der Waals surface area (Å²) >= 11 is 2.58. The molecule has 0 spiro atoms. The number of aryl methyl sites for hydroxylation is 2. The number of nitrogen functional groups attached to an aromatic ring is 1. The molecule has 3 aromatic rings. The highest BCUT2D eigenvalue weighted by molar-refractivity contribution is 8.01. The molecule has 0 bridgehead atoms. The van der Waals surface area contributed by atoms with Gasteiger partial charge in [-0.2, -0.15) is 0 Å². The first-order chi connectivity index (χ1) is 12.8. The van der Waals surface area contributed by atoms with Gasteiger partial charge in [0.15, 0.2) is 0 Å². The van der Waals surface area contributed by atoms with Crippen molar-refractivity contribution in [2.45, 2.75) is 27.8 Å². The van der Waals surface area contributed by atoms with Crippen LogP contribution in [-0.4, -0.2) is 20.5 Å². The van der Waals surface area contributed by atoms with Crippen LogP contribution in [0.4, 0.5) is 0 Å². The average Bonchev–Trinajstić information content (AvgIpc) is 3.07. The van der Waals surface area contributed by atoms with Gasteiger partial charge in [0.25, 0.3) is 0 Å². The second-order valence-electron chi connectivity index (χ2n) is 6.18. The van der Waals surface area contributed by atoms with Crippen LogP contribution in [0.2, 0.25) is 0 Å². The minimum atomic E-state index is -3.71. The molecule has 0 aliphatic heterocycles. The highest BCUT2D eigenvalue weighted by Gasteiger charge is 2.25. The molecule has 4 nitrogen and oxygen atoms in total. The van der Waals surface area contributed by atoms with E-state index in [1.807, 2.05) is 44.4 Å². The number of benzene rings is 2. The molecule has 0 atom stereocenters. The van der Waals surface area contributed by atoms with Crippen molar-refractivity contribution < 1.29 is 8.42 Å². The second kappa shape index (κ2) is 7.50. The first-order valence-corrected chi connectivity index (χ1v) is 11.7. The van der Waals surface area contributed by atoms with Crippen molar-refractivity contribution in [1.29, 1.82) is 5.41 Å². The normalized spacial score (nSPS) is 11.5. The fraction of sp³-hybridized carbons (Fsp3) is 0.150. The van der Waals surface area contributed by atoms with Gasteiger partial charge in [0, 0.05) is 0 Å². The Morgan fingerprint density at radius 1 is 1.07 bits per heavy atom. The van der Waals surface area contributed by atoms with Crippen LogP contribution in [0.15, 0.2) is 62.5 Å². The number of sulfone groups is 1. The van der Waals surface area contributed by atoms with Crippen molar-refractivity contribution in [1.82, 2.24) is 0 Å². The van der Waals surface area contributed by atoms with Crippen LogP contribution >= 0.6 is 23.1 Å². The Labute approximate surface area is 167 Å². The molecule has 0 aliphatic carbocycles. The first-order valence-electron chi connectivity index (χ1n) is 8.19. The van der Waals surface area contributed by atoms with E-state index < -0.39 is 9.84 Å². The molecule has 0 saturated heterocycles. The quantitative estimate of drug-likeness (QED) is 0.353. The van der Waals surface area contributed by atoms with E-state index in [1.165, 1.54) is 29.2 Å². The number of nitrogens with one attached hydrogen (secondary N) is 1. The van der Waals surface area contributed by atoms with Crippen molar-refractivity contribution in [3.05, 3.63) is 64.5 Å². The molecule has 2 aromatic carbocycles. The lowest BCUT2D eigenvalue weighted by atomic mass is 9.96. The number of hydrogen-bond donors (Lipinski definition) is 2. The molecule has 27 heavy (non-hydrogen) atoms. The number of rotatable bonds is 5. The first kappa shape index (κ1) is 19.7. The van der Waals surface area contributed by atoms with Crippen molar-refractivity contribution in [3.63, 3.8) is 0 Å². The molecule has 0 fully saturated rings. The summed E-state index contributed by atoms with van der Waals surface area (Å²) in [5.41, 5.74) is 9.68. The maximum Gasteiger partial charge on any atom is 0.208 e. The van der Waals surface area contributed by atoms with E-state index in [1.54, 1.807) is 18.2 Å². The van der Waals surface area contributed by atoms with E-state index in [0.717, 1.165) is 22.3 Å². The number of amidine groups is 1. The average molecular weight is 417 g/mol. The van der Waals surface area contributed by atoms with Gasteiger partial charge in [-0.1, -0.05) is 30.3 Å². The van der Waals surface area contributed by atoms with Crippen molar-refractivity contribution in [2.75, 3.05) is 6.26 Å². The predicted octanol–water partition coefficient (Wildman–Crippen LogP) is 4.87. The van der Waals surface area contributed by atoms with E-state index in [9.17, 15) is 8.42 Å². The van der Waals surface area contributed by atoms with Gasteiger partial charge in [-0.25, -0.2) is 8.42 Å². The third-order valence-electron chi connectivity index (χ3n) is 4.32.